The molecule has 0 saturated heterocycles. The zero-order chi connectivity index (χ0) is 13.4. The molecule has 0 saturated carbocycles. The van der Waals surface area contributed by atoms with E-state index in [1.54, 1.807) is 23.1 Å². The lowest BCUT2D eigenvalue weighted by atomic mass is 10.2. The molecule has 1 heterocycles. The van der Waals surface area contributed by atoms with Crippen LogP contribution in [0.5, 0.6) is 0 Å². The lowest BCUT2D eigenvalue weighted by Gasteiger charge is -2.13. The van der Waals surface area contributed by atoms with E-state index >= 15 is 0 Å². The molecule has 0 aliphatic carbocycles. The summed E-state index contributed by atoms with van der Waals surface area (Å²) < 4.78 is 6.61. The topological polar surface area (TPSA) is 93.5 Å². The van der Waals surface area contributed by atoms with Crippen LogP contribution in [0.25, 0.3) is 0 Å². The van der Waals surface area contributed by atoms with Crippen LogP contribution < -0.4 is 5.32 Å². The van der Waals surface area contributed by atoms with E-state index in [4.69, 9.17) is 9.84 Å². The van der Waals surface area contributed by atoms with Crippen molar-refractivity contribution < 1.29 is 19.4 Å². The quantitative estimate of drug-likeness (QED) is 0.675. The first kappa shape index (κ1) is 14.2. The lowest BCUT2D eigenvalue weighted by Crippen LogP contribution is -2.34. The molecule has 1 aromatic heterocycles. The highest BCUT2D eigenvalue weighted by Crippen LogP contribution is 1.96. The first-order chi connectivity index (χ1) is 8.61. The van der Waals surface area contributed by atoms with Crippen LogP contribution >= 0.6 is 0 Å². The van der Waals surface area contributed by atoms with Gasteiger partial charge in [-0.2, -0.15) is 5.10 Å². The third kappa shape index (κ3) is 5.44. The summed E-state index contributed by atoms with van der Waals surface area (Å²) in [6.07, 6.45) is 3.08. The molecule has 18 heavy (non-hydrogen) atoms. The molecular formula is C11H17N3O4. The molecule has 0 bridgehead atoms. The van der Waals surface area contributed by atoms with E-state index in [9.17, 15) is 9.59 Å². The first-order valence-corrected chi connectivity index (χ1v) is 5.60. The minimum Gasteiger partial charge on any atom is -0.481 e. The average molecular weight is 255 g/mol. The second-order valence-corrected chi connectivity index (χ2v) is 3.78. The lowest BCUT2D eigenvalue weighted by molar-refractivity contribution is -0.140. The molecule has 1 aromatic rings. The third-order valence-electron chi connectivity index (χ3n) is 2.39. The normalized spacial score (nSPS) is 12.1. The maximum absolute atomic E-state index is 11.5. The number of hydrogen-bond donors (Lipinski definition) is 2. The molecule has 0 spiro atoms. The maximum atomic E-state index is 11.5. The van der Waals surface area contributed by atoms with Crippen molar-refractivity contribution in [2.75, 3.05) is 13.7 Å². The van der Waals surface area contributed by atoms with Crippen molar-refractivity contribution in [3.8, 4) is 0 Å². The Labute approximate surface area is 105 Å². The summed E-state index contributed by atoms with van der Waals surface area (Å²) in [6, 6.07) is 1.78. The van der Waals surface area contributed by atoms with Crippen LogP contribution in [0.15, 0.2) is 18.5 Å². The van der Waals surface area contributed by atoms with Crippen LogP contribution in [0.1, 0.15) is 12.8 Å². The molecule has 0 radical (unpaired) electrons. The Balaban J connectivity index is 2.21. The van der Waals surface area contributed by atoms with Gasteiger partial charge in [-0.05, 0) is 6.07 Å². The molecule has 0 aliphatic heterocycles. The molecule has 100 valence electrons. The molecule has 1 rings (SSSR count). The number of rotatable bonds is 8. The highest BCUT2D eigenvalue weighted by molar-refractivity contribution is 5.76. The van der Waals surface area contributed by atoms with Gasteiger partial charge in [-0.25, -0.2) is 0 Å². The summed E-state index contributed by atoms with van der Waals surface area (Å²) in [5, 5.41) is 15.2. The molecule has 0 aromatic carbocycles. The SMILES string of the molecule is COC(CNC(=O)CCn1cccn1)CC(=O)O. The van der Waals surface area contributed by atoms with Crippen molar-refractivity contribution in [1.82, 2.24) is 15.1 Å². The number of nitrogens with one attached hydrogen (secondary N) is 1. The van der Waals surface area contributed by atoms with Crippen molar-refractivity contribution in [3.05, 3.63) is 18.5 Å². The molecule has 1 atom stereocenters. The Morgan fingerprint density at radius 3 is 2.89 bits per heavy atom. The van der Waals surface area contributed by atoms with Gasteiger partial charge in [0.25, 0.3) is 0 Å². The van der Waals surface area contributed by atoms with Gasteiger partial charge >= 0.3 is 5.97 Å². The average Bonchev–Trinajstić information content (AvgIpc) is 2.84. The molecule has 7 nitrogen and oxygen atoms in total. The third-order valence-corrected chi connectivity index (χ3v) is 2.39. The van der Waals surface area contributed by atoms with Crippen molar-refractivity contribution in [1.29, 1.82) is 0 Å². The molecule has 1 unspecified atom stereocenters. The second kappa shape index (κ2) is 7.44. The largest absolute Gasteiger partial charge is 0.481 e. The van der Waals surface area contributed by atoms with Crippen LogP contribution in [-0.2, 0) is 20.9 Å². The predicted molar refractivity (Wildman–Crippen MR) is 62.9 cm³/mol. The van der Waals surface area contributed by atoms with Gasteiger partial charge in [0.1, 0.15) is 0 Å². The van der Waals surface area contributed by atoms with E-state index in [-0.39, 0.29) is 18.9 Å². The zero-order valence-electron chi connectivity index (χ0n) is 10.2. The van der Waals surface area contributed by atoms with E-state index in [2.05, 4.69) is 10.4 Å². The monoisotopic (exact) mass is 255 g/mol. The van der Waals surface area contributed by atoms with Crippen LogP contribution in [-0.4, -0.2) is 46.5 Å². The van der Waals surface area contributed by atoms with E-state index < -0.39 is 12.1 Å². The van der Waals surface area contributed by atoms with Gasteiger partial charge in [0, 0.05) is 39.0 Å². The number of aromatic nitrogens is 2. The standard InChI is InChI=1S/C11H17N3O4/c1-18-9(7-11(16)17)8-12-10(15)3-6-14-5-2-4-13-14/h2,4-5,9H,3,6-8H2,1H3,(H,12,15)(H,16,17). The highest BCUT2D eigenvalue weighted by atomic mass is 16.5. The number of carboxylic acids is 1. The van der Waals surface area contributed by atoms with Crippen molar-refractivity contribution in [3.63, 3.8) is 0 Å². The van der Waals surface area contributed by atoms with Crippen molar-refractivity contribution in [2.24, 2.45) is 0 Å². The number of carbonyl (C=O) groups excluding carboxylic acids is 1. The van der Waals surface area contributed by atoms with Crippen LogP contribution in [0.4, 0.5) is 0 Å². The van der Waals surface area contributed by atoms with Gasteiger partial charge in [-0.15, -0.1) is 0 Å². The number of aliphatic carboxylic acids is 1. The molecule has 0 aliphatic rings. The Bertz CT molecular complexity index is 378. The summed E-state index contributed by atoms with van der Waals surface area (Å²) in [6.45, 7) is 0.691. The van der Waals surface area contributed by atoms with E-state index in [1.165, 1.54) is 7.11 Å². The fraction of sp³-hybridized carbons (Fsp3) is 0.545. The number of carbonyl (C=O) groups is 2. The summed E-state index contributed by atoms with van der Waals surface area (Å²) in [5.41, 5.74) is 0. The summed E-state index contributed by atoms with van der Waals surface area (Å²) in [4.78, 5) is 22.0. The Morgan fingerprint density at radius 2 is 2.33 bits per heavy atom. The Morgan fingerprint density at radius 1 is 1.56 bits per heavy atom. The van der Waals surface area contributed by atoms with Crippen LogP contribution in [0.3, 0.4) is 0 Å². The van der Waals surface area contributed by atoms with E-state index in [1.807, 2.05) is 0 Å². The molecule has 1 amide bonds. The van der Waals surface area contributed by atoms with E-state index in [0.29, 0.717) is 13.0 Å². The smallest absolute Gasteiger partial charge is 0.306 e. The predicted octanol–water partition coefficient (Wildman–Crippen LogP) is -0.121. The maximum Gasteiger partial charge on any atom is 0.306 e. The van der Waals surface area contributed by atoms with Gasteiger partial charge in [0.05, 0.1) is 12.5 Å². The molecule has 0 fully saturated rings. The summed E-state index contributed by atoms with van der Waals surface area (Å²) in [7, 11) is 1.42. The summed E-state index contributed by atoms with van der Waals surface area (Å²) in [5.74, 6) is -1.11. The number of methoxy groups -OCH3 is 1. The fourth-order valence-corrected chi connectivity index (χ4v) is 1.40. The Kier molecular flexibility index (Phi) is 5.86. The first-order valence-electron chi connectivity index (χ1n) is 5.60. The number of amides is 1. The number of aryl methyl sites for hydroxylation is 1. The van der Waals surface area contributed by atoms with Crippen LogP contribution in [0.2, 0.25) is 0 Å². The van der Waals surface area contributed by atoms with Gasteiger partial charge in [0.2, 0.25) is 5.91 Å². The van der Waals surface area contributed by atoms with E-state index in [0.717, 1.165) is 0 Å². The minimum atomic E-state index is -0.951. The van der Waals surface area contributed by atoms with Gasteiger partial charge in [-0.1, -0.05) is 0 Å². The zero-order valence-corrected chi connectivity index (χ0v) is 10.2. The van der Waals surface area contributed by atoms with Gasteiger partial charge in [0.15, 0.2) is 0 Å². The van der Waals surface area contributed by atoms with Crippen molar-refractivity contribution in [2.45, 2.75) is 25.5 Å². The molecule has 2 N–H and O–H groups in total. The summed E-state index contributed by atoms with van der Waals surface area (Å²) >= 11 is 0. The number of carboxylic acid groups (broad SMARTS) is 1. The van der Waals surface area contributed by atoms with Gasteiger partial charge < -0.3 is 15.2 Å². The molecule has 7 heteroatoms. The highest BCUT2D eigenvalue weighted by Gasteiger charge is 2.13. The second-order valence-electron chi connectivity index (χ2n) is 3.78. The number of ether oxygens (including phenoxy) is 1. The fourth-order valence-electron chi connectivity index (χ4n) is 1.40. The number of hydrogen-bond acceptors (Lipinski definition) is 4. The van der Waals surface area contributed by atoms with Crippen molar-refractivity contribution >= 4 is 11.9 Å². The van der Waals surface area contributed by atoms with Gasteiger partial charge in [-0.3, -0.25) is 14.3 Å². The minimum absolute atomic E-state index is 0.129. The Hall–Kier alpha value is -1.89. The number of nitrogens with zero attached hydrogens (tertiary/aromatic N) is 2. The molecular weight excluding hydrogens is 238 g/mol. The van der Waals surface area contributed by atoms with Crippen LogP contribution in [0, 0.1) is 0 Å².